The first-order valence-electron chi connectivity index (χ1n) is 6.43. The Balaban J connectivity index is 2.13. The summed E-state index contributed by atoms with van der Waals surface area (Å²) in [5.41, 5.74) is 2.98. The van der Waals surface area contributed by atoms with E-state index in [4.69, 9.17) is 0 Å². The molecule has 1 heterocycles. The molecule has 19 heavy (non-hydrogen) atoms. The summed E-state index contributed by atoms with van der Waals surface area (Å²) in [4.78, 5) is 0. The molecule has 2 nitrogen and oxygen atoms in total. The van der Waals surface area contributed by atoms with Crippen LogP contribution in [0.15, 0.2) is 42.5 Å². The van der Waals surface area contributed by atoms with Gasteiger partial charge in [0.05, 0.1) is 5.54 Å². The third kappa shape index (κ3) is 2.00. The lowest BCUT2D eigenvalue weighted by molar-refractivity contribution is 0.410. The van der Waals surface area contributed by atoms with E-state index in [1.165, 1.54) is 12.1 Å². The second-order valence-electron chi connectivity index (χ2n) is 5.15. The van der Waals surface area contributed by atoms with Gasteiger partial charge in [-0.05, 0) is 54.3 Å². The van der Waals surface area contributed by atoms with E-state index in [2.05, 4.69) is 12.2 Å². The van der Waals surface area contributed by atoms with E-state index >= 15 is 0 Å². The molecular formula is C16H16FNO. The Hall–Kier alpha value is -1.87. The Bertz CT molecular complexity index is 609. The van der Waals surface area contributed by atoms with E-state index in [0.717, 1.165) is 29.7 Å². The highest BCUT2D eigenvalue weighted by Gasteiger charge is 2.33. The summed E-state index contributed by atoms with van der Waals surface area (Å²) >= 11 is 0. The molecule has 1 aliphatic rings. The highest BCUT2D eigenvalue weighted by Crippen LogP contribution is 2.35. The largest absolute Gasteiger partial charge is 0.508 e. The smallest absolute Gasteiger partial charge is 0.123 e. The average Bonchev–Trinajstić information content (AvgIpc) is 2.39. The summed E-state index contributed by atoms with van der Waals surface area (Å²) in [6, 6.07) is 12.0. The predicted octanol–water partition coefficient (Wildman–Crippen LogP) is 2.94. The van der Waals surface area contributed by atoms with Crippen LogP contribution in [0, 0.1) is 5.82 Å². The molecule has 0 spiro atoms. The van der Waals surface area contributed by atoms with Crippen molar-refractivity contribution in [3.05, 3.63) is 65.0 Å². The van der Waals surface area contributed by atoms with Crippen molar-refractivity contribution in [3.63, 3.8) is 0 Å². The van der Waals surface area contributed by atoms with Crippen molar-refractivity contribution in [2.24, 2.45) is 0 Å². The molecule has 0 radical (unpaired) electrons. The van der Waals surface area contributed by atoms with Crippen LogP contribution < -0.4 is 5.32 Å². The topological polar surface area (TPSA) is 32.3 Å². The number of hydrogen-bond donors (Lipinski definition) is 2. The van der Waals surface area contributed by atoms with Crippen LogP contribution in [0.1, 0.15) is 23.6 Å². The second-order valence-corrected chi connectivity index (χ2v) is 5.15. The Kier molecular flexibility index (Phi) is 2.79. The quantitative estimate of drug-likeness (QED) is 0.823. The molecule has 0 aromatic heterocycles. The van der Waals surface area contributed by atoms with Gasteiger partial charge in [0.1, 0.15) is 11.6 Å². The lowest BCUT2D eigenvalue weighted by atomic mass is 9.79. The summed E-state index contributed by atoms with van der Waals surface area (Å²) in [5.74, 6) is 0.0659. The van der Waals surface area contributed by atoms with Crippen molar-refractivity contribution in [1.29, 1.82) is 0 Å². The van der Waals surface area contributed by atoms with Gasteiger partial charge in [0, 0.05) is 6.54 Å². The van der Waals surface area contributed by atoms with Crippen molar-refractivity contribution in [2.45, 2.75) is 18.9 Å². The summed E-state index contributed by atoms with van der Waals surface area (Å²) in [5, 5.41) is 13.1. The average molecular weight is 257 g/mol. The molecule has 1 aliphatic heterocycles. The third-order valence-electron chi connectivity index (χ3n) is 3.92. The predicted molar refractivity (Wildman–Crippen MR) is 72.7 cm³/mol. The number of fused-ring (bicyclic) bond motifs is 1. The number of rotatable bonds is 1. The summed E-state index contributed by atoms with van der Waals surface area (Å²) in [6.45, 7) is 2.93. The zero-order valence-electron chi connectivity index (χ0n) is 10.8. The number of hydrogen-bond acceptors (Lipinski definition) is 2. The number of nitrogens with one attached hydrogen (secondary N) is 1. The van der Waals surface area contributed by atoms with Crippen LogP contribution in [0.2, 0.25) is 0 Å². The molecular weight excluding hydrogens is 241 g/mol. The molecule has 0 saturated carbocycles. The normalized spacial score (nSPS) is 22.0. The molecule has 0 aliphatic carbocycles. The van der Waals surface area contributed by atoms with Crippen LogP contribution in [-0.2, 0) is 12.0 Å². The Morgan fingerprint density at radius 1 is 1.16 bits per heavy atom. The van der Waals surface area contributed by atoms with Crippen LogP contribution in [0.25, 0.3) is 0 Å². The maximum atomic E-state index is 13.1. The van der Waals surface area contributed by atoms with Crippen LogP contribution in [-0.4, -0.2) is 11.7 Å². The van der Waals surface area contributed by atoms with Crippen molar-refractivity contribution in [2.75, 3.05) is 6.54 Å². The van der Waals surface area contributed by atoms with Crippen LogP contribution in [0.5, 0.6) is 5.75 Å². The molecule has 0 unspecified atom stereocenters. The summed E-state index contributed by atoms with van der Waals surface area (Å²) < 4.78 is 13.1. The highest BCUT2D eigenvalue weighted by molar-refractivity contribution is 5.47. The minimum Gasteiger partial charge on any atom is -0.508 e. The van der Waals surface area contributed by atoms with Gasteiger partial charge in [-0.1, -0.05) is 18.2 Å². The zero-order chi connectivity index (χ0) is 13.5. The molecule has 0 amide bonds. The van der Waals surface area contributed by atoms with E-state index in [-0.39, 0.29) is 11.4 Å². The fraction of sp³-hybridized carbons (Fsp3) is 0.250. The van der Waals surface area contributed by atoms with E-state index in [0.29, 0.717) is 5.75 Å². The molecule has 98 valence electrons. The van der Waals surface area contributed by atoms with Crippen molar-refractivity contribution >= 4 is 0 Å². The molecule has 2 N–H and O–H groups in total. The maximum absolute atomic E-state index is 13.1. The minimum absolute atomic E-state index is 0.228. The highest BCUT2D eigenvalue weighted by atomic mass is 19.1. The molecule has 3 heteroatoms. The minimum atomic E-state index is -0.338. The zero-order valence-corrected chi connectivity index (χ0v) is 10.8. The van der Waals surface area contributed by atoms with E-state index < -0.39 is 0 Å². The second kappa shape index (κ2) is 4.35. The van der Waals surface area contributed by atoms with Gasteiger partial charge in [-0.25, -0.2) is 4.39 Å². The number of phenolic OH excluding ortho intramolecular Hbond substituents is 1. The Morgan fingerprint density at radius 3 is 2.63 bits per heavy atom. The fourth-order valence-corrected chi connectivity index (χ4v) is 2.86. The van der Waals surface area contributed by atoms with Gasteiger partial charge < -0.3 is 10.4 Å². The molecule has 0 bridgehead atoms. The molecule has 1 atom stereocenters. The lowest BCUT2D eigenvalue weighted by Crippen LogP contribution is -2.45. The lowest BCUT2D eigenvalue weighted by Gasteiger charge is -2.38. The standard InChI is InChI=1S/C16H16FNO/c1-16(12-2-4-13(17)5-3-12)15-7-6-14(19)10-11(15)8-9-18-16/h2-7,10,18-19H,8-9H2,1H3/t16-/m0/s1. The van der Waals surface area contributed by atoms with Gasteiger partial charge in [0.25, 0.3) is 0 Å². The maximum Gasteiger partial charge on any atom is 0.123 e. The van der Waals surface area contributed by atoms with Gasteiger partial charge in [-0.3, -0.25) is 0 Å². The number of phenols is 1. The first kappa shape index (κ1) is 12.2. The van der Waals surface area contributed by atoms with Crippen molar-refractivity contribution in [1.82, 2.24) is 5.32 Å². The summed E-state index contributed by atoms with van der Waals surface area (Å²) in [6.07, 6.45) is 0.889. The van der Waals surface area contributed by atoms with E-state index in [1.807, 2.05) is 24.3 Å². The third-order valence-corrected chi connectivity index (χ3v) is 3.92. The Morgan fingerprint density at radius 2 is 1.89 bits per heavy atom. The molecule has 0 fully saturated rings. The first-order valence-corrected chi connectivity index (χ1v) is 6.43. The molecule has 0 saturated heterocycles. The number of aromatic hydroxyl groups is 1. The molecule has 3 rings (SSSR count). The van der Waals surface area contributed by atoms with E-state index in [9.17, 15) is 9.50 Å². The van der Waals surface area contributed by atoms with Crippen LogP contribution in [0.4, 0.5) is 4.39 Å². The monoisotopic (exact) mass is 257 g/mol. The fourth-order valence-electron chi connectivity index (χ4n) is 2.86. The van der Waals surface area contributed by atoms with Gasteiger partial charge in [0.2, 0.25) is 0 Å². The van der Waals surface area contributed by atoms with Gasteiger partial charge in [0.15, 0.2) is 0 Å². The van der Waals surface area contributed by atoms with E-state index in [1.54, 1.807) is 6.07 Å². The van der Waals surface area contributed by atoms with Crippen molar-refractivity contribution < 1.29 is 9.50 Å². The first-order chi connectivity index (χ1) is 9.09. The van der Waals surface area contributed by atoms with Crippen LogP contribution in [0.3, 0.4) is 0 Å². The molecule has 2 aromatic rings. The van der Waals surface area contributed by atoms with Gasteiger partial charge in [-0.2, -0.15) is 0 Å². The van der Waals surface area contributed by atoms with Crippen LogP contribution >= 0.6 is 0 Å². The van der Waals surface area contributed by atoms with Crippen molar-refractivity contribution in [3.8, 4) is 5.75 Å². The SMILES string of the molecule is C[C@@]1(c2ccc(F)cc2)NCCc2cc(O)ccc21. The van der Waals surface area contributed by atoms with Gasteiger partial charge >= 0.3 is 0 Å². The number of benzene rings is 2. The summed E-state index contributed by atoms with van der Waals surface area (Å²) in [7, 11) is 0. The number of halogens is 1. The van der Waals surface area contributed by atoms with Gasteiger partial charge in [-0.15, -0.1) is 0 Å². The Labute approximate surface area is 111 Å². The molecule has 2 aromatic carbocycles.